The minimum absolute atomic E-state index is 0.0490. The monoisotopic (exact) mass is 762 g/mol. The van der Waals surface area contributed by atoms with Crippen LogP contribution in [0.5, 0.6) is 0 Å². The van der Waals surface area contributed by atoms with Crippen molar-refractivity contribution in [3.05, 3.63) is 87.4 Å². The van der Waals surface area contributed by atoms with E-state index in [0.717, 1.165) is 83.1 Å². The number of hydrogen-bond acceptors (Lipinski definition) is 9. The zero-order valence-corrected chi connectivity index (χ0v) is 32.1. The topological polar surface area (TPSA) is 185 Å². The molecule has 3 amide bonds. The van der Waals surface area contributed by atoms with Gasteiger partial charge in [-0.25, -0.2) is 14.6 Å². The van der Waals surface area contributed by atoms with Crippen LogP contribution in [-0.2, 0) is 16.0 Å². The molecule has 15 heteroatoms. The Morgan fingerprint density at radius 3 is 2.39 bits per heavy atom. The number of ether oxygens (including phenoxy) is 1. The van der Waals surface area contributed by atoms with Crippen molar-refractivity contribution in [2.75, 3.05) is 45.9 Å². The third kappa shape index (κ3) is 7.90. The van der Waals surface area contributed by atoms with Crippen molar-refractivity contribution in [3.63, 3.8) is 0 Å². The summed E-state index contributed by atoms with van der Waals surface area (Å²) in [7, 11) is 0. The number of esters is 1. The smallest absolute Gasteiger partial charge is 0.378 e. The van der Waals surface area contributed by atoms with E-state index in [4.69, 9.17) is 4.74 Å². The second kappa shape index (κ2) is 16.3. The Morgan fingerprint density at radius 1 is 0.893 bits per heavy atom. The van der Waals surface area contributed by atoms with Crippen LogP contribution < -0.4 is 10.9 Å². The zero-order valence-electron chi connectivity index (χ0n) is 32.1. The lowest BCUT2D eigenvalue weighted by Crippen LogP contribution is -2.56. The maximum Gasteiger partial charge on any atom is 0.378 e. The molecule has 3 aliphatic heterocycles. The Morgan fingerprint density at radius 2 is 1.62 bits per heavy atom. The molecule has 3 aliphatic rings. The Kier molecular flexibility index (Phi) is 10.9. The number of nitrogens with one attached hydrogen (secondary N) is 4. The van der Waals surface area contributed by atoms with Crippen LogP contribution in [0, 0.1) is 6.92 Å². The highest BCUT2D eigenvalue weighted by molar-refractivity contribution is 5.88. The van der Waals surface area contributed by atoms with Gasteiger partial charge in [0.1, 0.15) is 11.9 Å². The quantitative estimate of drug-likeness (QED) is 0.158. The number of para-hydroxylation sites is 1. The molecule has 3 aromatic heterocycles. The molecule has 0 aliphatic carbocycles. The van der Waals surface area contributed by atoms with E-state index >= 15 is 0 Å². The van der Waals surface area contributed by atoms with Crippen molar-refractivity contribution in [2.24, 2.45) is 0 Å². The van der Waals surface area contributed by atoms with Gasteiger partial charge in [0.2, 0.25) is 5.91 Å². The van der Waals surface area contributed by atoms with E-state index in [0.29, 0.717) is 51.5 Å². The summed E-state index contributed by atoms with van der Waals surface area (Å²) >= 11 is 0. The predicted molar refractivity (Wildman–Crippen MR) is 210 cm³/mol. The van der Waals surface area contributed by atoms with Crippen molar-refractivity contribution in [1.29, 1.82) is 0 Å². The molecular formula is C41H50N10O5. The van der Waals surface area contributed by atoms with Crippen molar-refractivity contribution in [1.82, 2.24) is 50.4 Å². The number of aromatic nitrogens is 6. The summed E-state index contributed by atoms with van der Waals surface area (Å²) in [5, 5.41) is 19.4. The lowest BCUT2D eigenvalue weighted by molar-refractivity contribution is -0.135. The minimum atomic E-state index is -0.735. The lowest BCUT2D eigenvalue weighted by Gasteiger charge is -2.42. The number of hydrogen-bond donors (Lipinski definition) is 4. The summed E-state index contributed by atoms with van der Waals surface area (Å²) in [5.41, 5.74) is 4.45. The Balaban J connectivity index is 0.894. The number of nitrogens with zero attached hydrogens (tertiary/aromatic N) is 6. The summed E-state index contributed by atoms with van der Waals surface area (Å²) in [5.74, 6) is 0.472. The highest BCUT2D eigenvalue weighted by Gasteiger charge is 2.35. The molecule has 8 rings (SSSR count). The van der Waals surface area contributed by atoms with Gasteiger partial charge >= 0.3 is 12.0 Å². The number of carbonyl (C=O) groups is 3. The summed E-state index contributed by atoms with van der Waals surface area (Å²) in [4.78, 5) is 66.9. The number of rotatable bonds is 9. The van der Waals surface area contributed by atoms with Gasteiger partial charge in [-0.05, 0) is 106 Å². The van der Waals surface area contributed by atoms with Crippen LogP contribution in [0.15, 0.2) is 53.5 Å². The fourth-order valence-electron chi connectivity index (χ4n) is 8.92. The van der Waals surface area contributed by atoms with Crippen molar-refractivity contribution < 1.29 is 19.1 Å². The highest BCUT2D eigenvalue weighted by atomic mass is 16.5. The fourth-order valence-corrected chi connectivity index (χ4v) is 8.92. The molecular weight excluding hydrogens is 713 g/mol. The number of piperidine rings is 3. The van der Waals surface area contributed by atoms with E-state index in [-0.39, 0.29) is 41.8 Å². The number of H-pyrrole nitrogens is 3. The first-order valence-electron chi connectivity index (χ1n) is 20.0. The number of likely N-dealkylation sites (tertiary alicyclic amines) is 3. The van der Waals surface area contributed by atoms with E-state index in [1.807, 2.05) is 48.2 Å². The molecule has 1 unspecified atom stereocenters. The highest BCUT2D eigenvalue weighted by Crippen LogP contribution is 2.30. The standard InChI is InChI=1S/C41H50N10O5/c1-3-56-40(54)37-45-36(47-48-37)28-10-14-49(15-11-28)31-12-18-50(19-13-31)39(53)34(22-26-20-25(2)35-30(21-26)24-42-46-35)44-41(55)51-16-8-27(9-17-51)32-23-29-6-4-5-7-33(29)43-38(32)52/h4-7,20-21,23-24,27-28,31,34H,3,8-19,22H2,1-2H3,(H,42,46)(H,43,52)(H,44,55)(H,45,47,48). The lowest BCUT2D eigenvalue weighted by atomic mass is 9.89. The van der Waals surface area contributed by atoms with E-state index in [9.17, 15) is 19.2 Å². The number of aromatic amines is 3. The Bertz CT molecular complexity index is 2260. The van der Waals surface area contributed by atoms with E-state index in [1.165, 1.54) is 0 Å². The van der Waals surface area contributed by atoms with E-state index < -0.39 is 12.0 Å². The molecule has 0 radical (unpaired) electrons. The van der Waals surface area contributed by atoms with Gasteiger partial charge in [0.05, 0.1) is 18.3 Å². The zero-order chi connectivity index (χ0) is 38.8. The molecule has 6 heterocycles. The van der Waals surface area contributed by atoms with Crippen LogP contribution in [0.4, 0.5) is 4.79 Å². The molecule has 3 fully saturated rings. The second-order valence-corrected chi connectivity index (χ2v) is 15.5. The summed E-state index contributed by atoms with van der Waals surface area (Å²) in [6.07, 6.45) is 7.00. The first-order chi connectivity index (χ1) is 27.2. The molecule has 0 saturated carbocycles. The van der Waals surface area contributed by atoms with Crippen LogP contribution in [0.2, 0.25) is 0 Å². The fraction of sp³-hybridized carbons (Fsp3) is 0.488. The Labute approximate surface area is 324 Å². The van der Waals surface area contributed by atoms with Gasteiger partial charge in [-0.2, -0.15) is 5.10 Å². The van der Waals surface area contributed by atoms with Crippen LogP contribution in [0.1, 0.15) is 90.4 Å². The molecule has 5 aromatic rings. The maximum atomic E-state index is 14.3. The molecule has 4 N–H and O–H groups in total. The normalized spacial score (nSPS) is 18.4. The van der Waals surface area contributed by atoms with Gasteiger partial charge in [-0.3, -0.25) is 19.8 Å². The van der Waals surface area contributed by atoms with Gasteiger partial charge in [0.25, 0.3) is 11.4 Å². The van der Waals surface area contributed by atoms with Gasteiger partial charge in [0, 0.05) is 61.0 Å². The number of pyridine rings is 1. The van der Waals surface area contributed by atoms with E-state index in [2.05, 4.69) is 46.6 Å². The number of fused-ring (bicyclic) bond motifs is 2. The molecule has 15 nitrogen and oxygen atoms in total. The average molecular weight is 763 g/mol. The number of carbonyl (C=O) groups excluding carboxylic acids is 3. The van der Waals surface area contributed by atoms with Crippen LogP contribution in [0.3, 0.4) is 0 Å². The van der Waals surface area contributed by atoms with Gasteiger partial charge in [-0.1, -0.05) is 24.3 Å². The molecule has 1 atom stereocenters. The van der Waals surface area contributed by atoms with E-state index in [1.54, 1.807) is 18.0 Å². The van der Waals surface area contributed by atoms with Crippen molar-refractivity contribution >= 4 is 39.7 Å². The number of amides is 3. The third-order valence-corrected chi connectivity index (χ3v) is 12.0. The largest absolute Gasteiger partial charge is 0.460 e. The minimum Gasteiger partial charge on any atom is -0.460 e. The van der Waals surface area contributed by atoms with Gasteiger partial charge in [0.15, 0.2) is 0 Å². The molecule has 56 heavy (non-hydrogen) atoms. The second-order valence-electron chi connectivity index (χ2n) is 15.5. The molecule has 0 spiro atoms. The first kappa shape index (κ1) is 37.4. The number of urea groups is 1. The molecule has 294 valence electrons. The van der Waals surface area contributed by atoms with Crippen LogP contribution in [-0.4, -0.2) is 121 Å². The summed E-state index contributed by atoms with van der Waals surface area (Å²) in [6.45, 7) is 8.08. The number of aryl methyl sites for hydroxylation is 1. The molecule has 2 aromatic carbocycles. The van der Waals surface area contributed by atoms with Crippen molar-refractivity contribution in [3.8, 4) is 0 Å². The molecule has 3 saturated heterocycles. The third-order valence-electron chi connectivity index (χ3n) is 12.0. The van der Waals surface area contributed by atoms with Crippen LogP contribution >= 0.6 is 0 Å². The van der Waals surface area contributed by atoms with Gasteiger partial charge in [-0.15, -0.1) is 5.10 Å². The average Bonchev–Trinajstić information content (AvgIpc) is 3.92. The SMILES string of the molecule is CCOC(=O)c1n[nH]c(C2CCN(C3CCN(C(=O)C(Cc4cc(C)c5[nH]ncc5c4)NC(=O)N4CCC(c5cc6ccccc6[nH]c5=O)CC4)CC3)CC2)n1. The summed E-state index contributed by atoms with van der Waals surface area (Å²) in [6, 6.07) is 13.2. The first-order valence-corrected chi connectivity index (χ1v) is 20.0. The molecule has 0 bridgehead atoms. The summed E-state index contributed by atoms with van der Waals surface area (Å²) < 4.78 is 5.03. The Hall–Kier alpha value is -5.57. The van der Waals surface area contributed by atoms with Crippen LogP contribution in [0.25, 0.3) is 21.8 Å². The van der Waals surface area contributed by atoms with Gasteiger partial charge < -0.3 is 29.7 Å². The number of benzene rings is 2. The van der Waals surface area contributed by atoms with Crippen molar-refractivity contribution in [2.45, 2.75) is 82.7 Å². The maximum absolute atomic E-state index is 14.3. The predicted octanol–water partition coefficient (Wildman–Crippen LogP) is 4.38.